The van der Waals surface area contributed by atoms with Gasteiger partial charge in [0.1, 0.15) is 0 Å². The number of ketones is 1. The third-order valence-corrected chi connectivity index (χ3v) is 3.07. The maximum atomic E-state index is 14.1. The fourth-order valence-corrected chi connectivity index (χ4v) is 1.85. The Hall–Kier alpha value is -2.49. The van der Waals surface area contributed by atoms with Crippen molar-refractivity contribution in [3.05, 3.63) is 71.6 Å². The van der Waals surface area contributed by atoms with E-state index in [1.54, 1.807) is 30.3 Å². The number of Topliss-reactive ketones (excluding diaryl/α,β-unsaturated/α-hetero) is 1. The normalized spacial score (nSPS) is 11.8. The average Bonchev–Trinajstić information content (AvgIpc) is 2.53. The Bertz CT molecular complexity index is 661. The number of hydrogen-bond acceptors (Lipinski definition) is 2. The summed E-state index contributed by atoms with van der Waals surface area (Å²) >= 11 is 0. The molecule has 0 N–H and O–H groups in total. The molecular weight excluding hydrogens is 272 g/mol. The smallest absolute Gasteiger partial charge is 0.224 e. The number of anilines is 1. The summed E-state index contributed by atoms with van der Waals surface area (Å²) in [6, 6.07) is 14.0. The van der Waals surface area contributed by atoms with Gasteiger partial charge in [0.25, 0.3) is 0 Å². The van der Waals surface area contributed by atoms with Gasteiger partial charge in [-0.05, 0) is 24.3 Å². The first kappa shape index (κ1) is 14.9. The zero-order valence-corrected chi connectivity index (χ0v) is 11.8. The van der Waals surface area contributed by atoms with Crippen LogP contribution in [-0.2, 0) is 0 Å². The van der Waals surface area contributed by atoms with Crippen LogP contribution in [0.25, 0.3) is 5.83 Å². The maximum absolute atomic E-state index is 14.1. The molecule has 2 nitrogen and oxygen atoms in total. The van der Waals surface area contributed by atoms with Gasteiger partial charge in [0.2, 0.25) is 11.6 Å². The zero-order chi connectivity index (χ0) is 15.4. The van der Waals surface area contributed by atoms with Crippen molar-refractivity contribution in [2.75, 3.05) is 19.0 Å². The molecule has 0 spiro atoms. The monoisotopic (exact) mass is 287 g/mol. The molecule has 0 aliphatic rings. The number of carbonyl (C=O) groups is 1. The minimum atomic E-state index is -1.38. The molecule has 0 saturated heterocycles. The highest BCUT2D eigenvalue weighted by atomic mass is 19.2. The van der Waals surface area contributed by atoms with E-state index in [9.17, 15) is 13.6 Å². The molecule has 0 aromatic heterocycles. The van der Waals surface area contributed by atoms with E-state index in [0.717, 1.165) is 5.69 Å². The second-order valence-corrected chi connectivity index (χ2v) is 4.76. The summed E-state index contributed by atoms with van der Waals surface area (Å²) in [5.41, 5.74) is 1.03. The van der Waals surface area contributed by atoms with Crippen LogP contribution < -0.4 is 4.90 Å². The zero-order valence-electron chi connectivity index (χ0n) is 11.8. The van der Waals surface area contributed by atoms with Gasteiger partial charge in [0.05, 0.1) is 0 Å². The van der Waals surface area contributed by atoms with E-state index in [1.807, 2.05) is 19.0 Å². The van der Waals surface area contributed by atoms with Gasteiger partial charge in [-0.3, -0.25) is 4.79 Å². The van der Waals surface area contributed by atoms with Crippen molar-refractivity contribution in [2.45, 2.75) is 0 Å². The van der Waals surface area contributed by atoms with Crippen molar-refractivity contribution < 1.29 is 13.6 Å². The van der Waals surface area contributed by atoms with Crippen LogP contribution in [0.4, 0.5) is 14.5 Å². The molecule has 2 aromatic rings. The Labute approximate surface area is 122 Å². The highest BCUT2D eigenvalue weighted by Gasteiger charge is 2.18. The topological polar surface area (TPSA) is 20.3 Å². The number of rotatable bonds is 4. The van der Waals surface area contributed by atoms with Crippen molar-refractivity contribution in [1.29, 1.82) is 0 Å². The molecule has 2 aromatic carbocycles. The van der Waals surface area contributed by atoms with Crippen molar-refractivity contribution in [1.82, 2.24) is 0 Å². The van der Waals surface area contributed by atoms with E-state index in [2.05, 4.69) is 0 Å². The molecular formula is C17H15F2NO. The fourth-order valence-electron chi connectivity index (χ4n) is 1.85. The third-order valence-electron chi connectivity index (χ3n) is 3.07. The molecule has 0 bridgehead atoms. The standard InChI is InChI=1S/C17H15F2NO/c1-20(2)14-10-8-12(9-11-14)15(18)16(19)17(21)13-6-4-3-5-7-13/h3-11H,1-2H3. The number of hydrogen-bond donors (Lipinski definition) is 0. The van der Waals surface area contributed by atoms with Gasteiger partial charge in [-0.25, -0.2) is 4.39 Å². The number of nitrogens with zero attached hydrogens (tertiary/aromatic N) is 1. The van der Waals surface area contributed by atoms with E-state index in [0.29, 0.717) is 0 Å². The first-order valence-corrected chi connectivity index (χ1v) is 6.43. The molecule has 0 saturated carbocycles. The molecule has 2 rings (SSSR count). The minimum absolute atomic E-state index is 0.0439. The Morgan fingerprint density at radius 2 is 1.43 bits per heavy atom. The average molecular weight is 287 g/mol. The van der Waals surface area contributed by atoms with E-state index in [-0.39, 0.29) is 11.1 Å². The third kappa shape index (κ3) is 3.34. The molecule has 0 aliphatic carbocycles. The van der Waals surface area contributed by atoms with Gasteiger partial charge in [-0.2, -0.15) is 4.39 Å². The largest absolute Gasteiger partial charge is 0.378 e. The predicted molar refractivity (Wildman–Crippen MR) is 80.7 cm³/mol. The number of allylic oxidation sites excluding steroid dienone is 1. The lowest BCUT2D eigenvalue weighted by atomic mass is 10.1. The molecule has 0 atom stereocenters. The summed E-state index contributed by atoms with van der Waals surface area (Å²) in [7, 11) is 3.70. The van der Waals surface area contributed by atoms with Crippen LogP contribution in [-0.4, -0.2) is 19.9 Å². The van der Waals surface area contributed by atoms with Crippen LogP contribution in [0.15, 0.2) is 60.4 Å². The lowest BCUT2D eigenvalue weighted by molar-refractivity contribution is 0.100. The van der Waals surface area contributed by atoms with Crippen molar-refractivity contribution in [3.8, 4) is 0 Å². The maximum Gasteiger partial charge on any atom is 0.224 e. The van der Waals surface area contributed by atoms with E-state index in [4.69, 9.17) is 0 Å². The molecule has 0 fully saturated rings. The van der Waals surface area contributed by atoms with Gasteiger partial charge in [0.15, 0.2) is 5.83 Å². The van der Waals surface area contributed by atoms with Crippen LogP contribution in [0.3, 0.4) is 0 Å². The van der Waals surface area contributed by atoms with Gasteiger partial charge >= 0.3 is 0 Å². The SMILES string of the molecule is CN(C)c1ccc(C(F)=C(F)C(=O)c2ccccc2)cc1. The van der Waals surface area contributed by atoms with Crippen LogP contribution in [0.2, 0.25) is 0 Å². The fraction of sp³-hybridized carbons (Fsp3) is 0.118. The molecule has 4 heteroatoms. The molecule has 0 radical (unpaired) electrons. The van der Waals surface area contributed by atoms with Crippen molar-refractivity contribution in [2.24, 2.45) is 0 Å². The first-order valence-electron chi connectivity index (χ1n) is 6.43. The Balaban J connectivity index is 2.32. The highest BCUT2D eigenvalue weighted by molar-refractivity contribution is 6.10. The molecule has 108 valence electrons. The Morgan fingerprint density at radius 3 is 1.95 bits per heavy atom. The first-order chi connectivity index (χ1) is 10.0. The van der Waals surface area contributed by atoms with E-state index < -0.39 is 17.4 Å². The molecule has 21 heavy (non-hydrogen) atoms. The predicted octanol–water partition coefficient (Wildman–Crippen LogP) is 4.24. The minimum Gasteiger partial charge on any atom is -0.378 e. The molecule has 0 unspecified atom stereocenters. The van der Waals surface area contributed by atoms with Crippen molar-refractivity contribution >= 4 is 17.3 Å². The second kappa shape index (κ2) is 6.31. The van der Waals surface area contributed by atoms with Crippen LogP contribution in [0.5, 0.6) is 0 Å². The van der Waals surface area contributed by atoms with Gasteiger partial charge in [-0.1, -0.05) is 30.3 Å². The van der Waals surface area contributed by atoms with Crippen molar-refractivity contribution in [3.63, 3.8) is 0 Å². The molecule has 0 heterocycles. The summed E-state index contributed by atoms with van der Waals surface area (Å²) in [6.07, 6.45) is 0. The lowest BCUT2D eigenvalue weighted by Gasteiger charge is -2.12. The summed E-state index contributed by atoms with van der Waals surface area (Å²) in [5, 5.41) is 0. The highest BCUT2D eigenvalue weighted by Crippen LogP contribution is 2.25. The molecule has 0 aliphatic heterocycles. The van der Waals surface area contributed by atoms with E-state index >= 15 is 0 Å². The van der Waals surface area contributed by atoms with Crippen LogP contribution in [0, 0.1) is 0 Å². The second-order valence-electron chi connectivity index (χ2n) is 4.76. The quantitative estimate of drug-likeness (QED) is 0.619. The number of benzene rings is 2. The van der Waals surface area contributed by atoms with E-state index in [1.165, 1.54) is 24.3 Å². The van der Waals surface area contributed by atoms with Crippen LogP contribution in [0.1, 0.15) is 15.9 Å². The number of carbonyl (C=O) groups excluding carboxylic acids is 1. The number of halogens is 2. The molecule has 0 amide bonds. The van der Waals surface area contributed by atoms with Gasteiger partial charge in [-0.15, -0.1) is 0 Å². The van der Waals surface area contributed by atoms with Crippen LogP contribution >= 0.6 is 0 Å². The summed E-state index contributed by atoms with van der Waals surface area (Å²) < 4.78 is 28.0. The Kier molecular flexibility index (Phi) is 4.48. The van der Waals surface area contributed by atoms with Gasteiger partial charge < -0.3 is 4.90 Å². The summed E-state index contributed by atoms with van der Waals surface area (Å²) in [5.74, 6) is -3.47. The lowest BCUT2D eigenvalue weighted by Crippen LogP contribution is -2.08. The van der Waals surface area contributed by atoms with Gasteiger partial charge in [0, 0.05) is 30.9 Å². The summed E-state index contributed by atoms with van der Waals surface area (Å²) in [6.45, 7) is 0. The summed E-state index contributed by atoms with van der Waals surface area (Å²) in [4.78, 5) is 13.7. The Morgan fingerprint density at radius 1 is 0.857 bits per heavy atom.